The van der Waals surface area contributed by atoms with Gasteiger partial charge in [-0.3, -0.25) is 5.10 Å². The average molecular weight is 237 g/mol. The number of carbonyl (C=O) groups is 1. The lowest BCUT2D eigenvalue weighted by Crippen LogP contribution is -2.07. The van der Waals surface area contributed by atoms with Crippen LogP contribution in [0.5, 0.6) is 0 Å². The van der Waals surface area contributed by atoms with Gasteiger partial charge in [-0.2, -0.15) is 0 Å². The van der Waals surface area contributed by atoms with Crippen LogP contribution in [-0.2, 0) is 4.74 Å². The summed E-state index contributed by atoms with van der Waals surface area (Å²) in [5.74, 6) is 0.984. The van der Waals surface area contributed by atoms with Crippen molar-refractivity contribution < 1.29 is 9.53 Å². The van der Waals surface area contributed by atoms with Crippen molar-refractivity contribution >= 4 is 5.97 Å². The number of rotatable bonds is 3. The molecular formula is C12H19N3O2. The molecule has 1 N–H and O–H groups in total. The molecule has 1 aliphatic rings. The summed E-state index contributed by atoms with van der Waals surface area (Å²) in [6.07, 6.45) is 7.35. The van der Waals surface area contributed by atoms with E-state index in [-0.39, 0.29) is 5.82 Å². The van der Waals surface area contributed by atoms with Gasteiger partial charge in [-0.25, -0.2) is 9.78 Å². The summed E-state index contributed by atoms with van der Waals surface area (Å²) in [5.41, 5.74) is 0. The van der Waals surface area contributed by atoms with Crippen LogP contribution < -0.4 is 0 Å². The highest BCUT2D eigenvalue weighted by Crippen LogP contribution is 2.29. The maximum Gasteiger partial charge on any atom is 0.378 e. The number of aromatic nitrogens is 3. The highest BCUT2D eigenvalue weighted by Gasteiger charge is 2.20. The third-order valence-corrected chi connectivity index (χ3v) is 3.20. The molecule has 0 unspecified atom stereocenters. The third kappa shape index (κ3) is 3.05. The van der Waals surface area contributed by atoms with Gasteiger partial charge in [0.15, 0.2) is 0 Å². The van der Waals surface area contributed by atoms with E-state index < -0.39 is 5.97 Å². The van der Waals surface area contributed by atoms with Crippen molar-refractivity contribution in [2.24, 2.45) is 0 Å². The molecule has 0 atom stereocenters. The zero-order valence-electron chi connectivity index (χ0n) is 10.2. The Kier molecular flexibility index (Phi) is 4.12. The number of hydrogen-bond donors (Lipinski definition) is 1. The Morgan fingerprint density at radius 3 is 2.71 bits per heavy atom. The smallest absolute Gasteiger partial charge is 0.378 e. The van der Waals surface area contributed by atoms with Crippen LogP contribution in [0.25, 0.3) is 0 Å². The standard InChI is InChI=1S/C12H19N3O2/c1-2-17-12(16)11-13-10(14-15-11)9-7-5-3-4-6-8-9/h9H,2-8H2,1H3,(H,13,14,15). The van der Waals surface area contributed by atoms with Crippen LogP contribution in [0.4, 0.5) is 0 Å². The van der Waals surface area contributed by atoms with Crippen molar-refractivity contribution in [3.8, 4) is 0 Å². The molecule has 2 rings (SSSR count). The Balaban J connectivity index is 2.03. The van der Waals surface area contributed by atoms with Gasteiger partial charge in [0.05, 0.1) is 6.61 Å². The number of carbonyl (C=O) groups excluding carboxylic acids is 1. The molecular weight excluding hydrogens is 218 g/mol. The van der Waals surface area contributed by atoms with E-state index in [1.807, 2.05) is 0 Å². The molecule has 0 bridgehead atoms. The van der Waals surface area contributed by atoms with Gasteiger partial charge in [-0.05, 0) is 19.8 Å². The first kappa shape index (κ1) is 12.1. The summed E-state index contributed by atoms with van der Waals surface area (Å²) in [7, 11) is 0. The van der Waals surface area contributed by atoms with Crippen LogP contribution >= 0.6 is 0 Å². The van der Waals surface area contributed by atoms with Crippen molar-refractivity contribution in [1.29, 1.82) is 0 Å². The lowest BCUT2D eigenvalue weighted by Gasteiger charge is -2.08. The predicted molar refractivity (Wildman–Crippen MR) is 62.8 cm³/mol. The van der Waals surface area contributed by atoms with Crippen molar-refractivity contribution in [3.63, 3.8) is 0 Å². The summed E-state index contributed by atoms with van der Waals surface area (Å²) >= 11 is 0. The molecule has 1 aromatic rings. The van der Waals surface area contributed by atoms with Gasteiger partial charge in [-0.1, -0.05) is 25.7 Å². The summed E-state index contributed by atoms with van der Waals surface area (Å²) in [6.45, 7) is 2.13. The molecule has 0 amide bonds. The van der Waals surface area contributed by atoms with Crippen molar-refractivity contribution in [2.45, 2.75) is 51.4 Å². The first-order chi connectivity index (χ1) is 8.31. The van der Waals surface area contributed by atoms with E-state index in [1.165, 1.54) is 25.7 Å². The fourth-order valence-electron chi connectivity index (χ4n) is 2.30. The predicted octanol–water partition coefficient (Wildman–Crippen LogP) is 2.42. The van der Waals surface area contributed by atoms with E-state index in [1.54, 1.807) is 6.92 Å². The minimum Gasteiger partial charge on any atom is -0.460 e. The zero-order valence-corrected chi connectivity index (χ0v) is 10.2. The maximum atomic E-state index is 11.4. The highest BCUT2D eigenvalue weighted by atomic mass is 16.5. The SMILES string of the molecule is CCOC(=O)c1n[nH]c(C2CCCCCC2)n1. The molecule has 5 heteroatoms. The largest absolute Gasteiger partial charge is 0.460 e. The Morgan fingerprint density at radius 1 is 1.35 bits per heavy atom. The molecule has 5 nitrogen and oxygen atoms in total. The second-order valence-electron chi connectivity index (χ2n) is 4.45. The molecule has 94 valence electrons. The number of nitrogens with one attached hydrogen (secondary N) is 1. The number of ether oxygens (including phenoxy) is 1. The summed E-state index contributed by atoms with van der Waals surface area (Å²) < 4.78 is 4.87. The minimum absolute atomic E-state index is 0.158. The first-order valence-electron chi connectivity index (χ1n) is 6.40. The molecule has 1 fully saturated rings. The highest BCUT2D eigenvalue weighted by molar-refractivity contribution is 5.84. The van der Waals surface area contributed by atoms with Gasteiger partial charge in [0.2, 0.25) is 0 Å². The molecule has 0 aromatic carbocycles. The summed E-state index contributed by atoms with van der Waals surface area (Å²) in [6, 6.07) is 0. The molecule has 0 radical (unpaired) electrons. The minimum atomic E-state index is -0.441. The molecule has 0 aliphatic heterocycles. The molecule has 1 saturated carbocycles. The molecule has 0 spiro atoms. The molecule has 17 heavy (non-hydrogen) atoms. The van der Waals surface area contributed by atoms with Crippen molar-refractivity contribution in [3.05, 3.63) is 11.6 Å². The van der Waals surface area contributed by atoms with Gasteiger partial charge in [0.1, 0.15) is 5.82 Å². The normalized spacial score (nSPS) is 17.7. The van der Waals surface area contributed by atoms with E-state index in [0.717, 1.165) is 18.7 Å². The molecule has 1 aromatic heterocycles. The Labute approximate surface area is 101 Å². The van der Waals surface area contributed by atoms with Gasteiger partial charge in [0.25, 0.3) is 5.82 Å². The molecule has 1 aliphatic carbocycles. The maximum absolute atomic E-state index is 11.4. The number of H-pyrrole nitrogens is 1. The van der Waals surface area contributed by atoms with Gasteiger partial charge in [0, 0.05) is 5.92 Å². The summed E-state index contributed by atoms with van der Waals surface area (Å²) in [5, 5.41) is 6.81. The van der Waals surface area contributed by atoms with E-state index in [4.69, 9.17) is 4.74 Å². The Morgan fingerprint density at radius 2 is 2.06 bits per heavy atom. The molecule has 0 saturated heterocycles. The van der Waals surface area contributed by atoms with Gasteiger partial charge >= 0.3 is 5.97 Å². The third-order valence-electron chi connectivity index (χ3n) is 3.20. The number of aromatic amines is 1. The second kappa shape index (κ2) is 5.80. The van der Waals surface area contributed by atoms with Crippen LogP contribution in [-0.4, -0.2) is 27.8 Å². The lowest BCUT2D eigenvalue weighted by atomic mass is 10.00. The van der Waals surface area contributed by atoms with E-state index >= 15 is 0 Å². The fourth-order valence-corrected chi connectivity index (χ4v) is 2.30. The first-order valence-corrected chi connectivity index (χ1v) is 6.40. The average Bonchev–Trinajstić information content (AvgIpc) is 2.66. The van der Waals surface area contributed by atoms with Crippen LogP contribution in [0, 0.1) is 0 Å². The monoisotopic (exact) mass is 237 g/mol. The summed E-state index contributed by atoms with van der Waals surface area (Å²) in [4.78, 5) is 15.7. The van der Waals surface area contributed by atoms with E-state index in [9.17, 15) is 4.79 Å². The topological polar surface area (TPSA) is 67.9 Å². The van der Waals surface area contributed by atoms with Crippen molar-refractivity contribution in [2.75, 3.05) is 6.61 Å². The van der Waals surface area contributed by atoms with Crippen LogP contribution in [0.1, 0.15) is 67.8 Å². The second-order valence-corrected chi connectivity index (χ2v) is 4.45. The zero-order chi connectivity index (χ0) is 12.1. The Bertz CT molecular complexity index is 368. The number of hydrogen-bond acceptors (Lipinski definition) is 4. The van der Waals surface area contributed by atoms with Gasteiger partial charge < -0.3 is 4.74 Å². The quantitative estimate of drug-likeness (QED) is 0.647. The number of esters is 1. The van der Waals surface area contributed by atoms with Gasteiger partial charge in [-0.15, -0.1) is 5.10 Å². The Hall–Kier alpha value is -1.39. The fraction of sp³-hybridized carbons (Fsp3) is 0.750. The van der Waals surface area contributed by atoms with E-state index in [0.29, 0.717) is 12.5 Å². The van der Waals surface area contributed by atoms with Crippen LogP contribution in [0.3, 0.4) is 0 Å². The van der Waals surface area contributed by atoms with Crippen molar-refractivity contribution in [1.82, 2.24) is 15.2 Å². The van der Waals surface area contributed by atoms with E-state index in [2.05, 4.69) is 15.2 Å². The van der Waals surface area contributed by atoms with Crippen LogP contribution in [0.15, 0.2) is 0 Å². The lowest BCUT2D eigenvalue weighted by molar-refractivity contribution is 0.0512. The number of nitrogens with zero attached hydrogens (tertiary/aromatic N) is 2. The van der Waals surface area contributed by atoms with Crippen LogP contribution in [0.2, 0.25) is 0 Å². The molecule has 1 heterocycles.